The molecule has 1 atom stereocenters. The van der Waals surface area contributed by atoms with Crippen LogP contribution in [-0.4, -0.2) is 76.4 Å². The second kappa shape index (κ2) is 13.2. The van der Waals surface area contributed by atoms with Crippen molar-refractivity contribution < 1.29 is 44.6 Å². The summed E-state index contributed by atoms with van der Waals surface area (Å²) >= 11 is 0.754. The molecule has 3 heterocycles. The lowest BCUT2D eigenvalue weighted by Gasteiger charge is -2.45. The van der Waals surface area contributed by atoms with Crippen molar-refractivity contribution in [2.24, 2.45) is 0 Å². The van der Waals surface area contributed by atoms with E-state index in [2.05, 4.69) is 9.36 Å². The first-order chi connectivity index (χ1) is 24.1. The Morgan fingerprint density at radius 2 is 1.84 bits per heavy atom. The number of nitrogens with zero attached hydrogens (tertiary/aromatic N) is 5. The molecule has 5 aromatic rings. The molecule has 0 N–H and O–H groups in total. The lowest BCUT2D eigenvalue weighted by Crippen LogP contribution is -2.60. The van der Waals surface area contributed by atoms with Crippen LogP contribution in [0.3, 0.4) is 0 Å². The summed E-state index contributed by atoms with van der Waals surface area (Å²) in [6, 6.07) is 12.1. The second-order valence-corrected chi connectivity index (χ2v) is 15.4. The van der Waals surface area contributed by atoms with Crippen molar-refractivity contribution in [1.82, 2.24) is 18.8 Å². The van der Waals surface area contributed by atoms with E-state index in [1.807, 2.05) is 0 Å². The number of alkyl halides is 1. The summed E-state index contributed by atoms with van der Waals surface area (Å²) in [4.78, 5) is 30.3. The van der Waals surface area contributed by atoms with Gasteiger partial charge in [0.2, 0.25) is 6.33 Å². The molecule has 0 saturated carbocycles. The average Bonchev–Trinajstić information content (AvgIpc) is 3.71. The molecular formula is C34H34F2N5O8S2+. The van der Waals surface area contributed by atoms with Crippen LogP contribution in [0, 0.1) is 5.82 Å². The summed E-state index contributed by atoms with van der Waals surface area (Å²) < 4.78 is 87.9. The van der Waals surface area contributed by atoms with E-state index < -0.39 is 49.9 Å². The molecule has 13 nitrogen and oxygen atoms in total. The molecule has 1 unspecified atom stereocenters. The molecule has 268 valence electrons. The van der Waals surface area contributed by atoms with Gasteiger partial charge in [-0.1, -0.05) is 24.3 Å². The molecule has 1 aliphatic rings. The number of halogens is 2. The first kappa shape index (κ1) is 35.7. The van der Waals surface area contributed by atoms with Gasteiger partial charge in [0.1, 0.15) is 34.0 Å². The summed E-state index contributed by atoms with van der Waals surface area (Å²) in [5.41, 5.74) is -2.07. The third kappa shape index (κ3) is 6.70. The summed E-state index contributed by atoms with van der Waals surface area (Å²) in [5.74, 6) is -1.38. The van der Waals surface area contributed by atoms with Crippen LogP contribution in [0.1, 0.15) is 50.4 Å². The fourth-order valence-electron chi connectivity index (χ4n) is 5.84. The van der Waals surface area contributed by atoms with Crippen molar-refractivity contribution in [3.63, 3.8) is 0 Å². The van der Waals surface area contributed by atoms with Gasteiger partial charge in [-0.2, -0.15) is 8.42 Å². The van der Waals surface area contributed by atoms with Crippen molar-refractivity contribution in [3.05, 3.63) is 94.0 Å². The zero-order chi connectivity index (χ0) is 36.9. The largest absolute Gasteiger partial charge is 0.497 e. The number of aromatic nitrogens is 3. The first-order valence-corrected chi connectivity index (χ1v) is 17.8. The maximum Gasteiger partial charge on any atom is 0.420 e. The van der Waals surface area contributed by atoms with E-state index in [1.54, 1.807) is 70.2 Å². The van der Waals surface area contributed by atoms with E-state index in [0.29, 0.717) is 16.9 Å². The zero-order valence-electron chi connectivity index (χ0n) is 28.4. The molecular weight excluding hydrogens is 709 g/mol. The number of amides is 1. The fraction of sp³-hybridized carbons (Fsp3) is 0.324. The third-order valence-electron chi connectivity index (χ3n) is 8.25. The topological polar surface area (TPSA) is 146 Å². The molecule has 1 saturated heterocycles. The Bertz CT molecular complexity index is 2330. The van der Waals surface area contributed by atoms with Crippen LogP contribution >= 0.6 is 11.5 Å². The van der Waals surface area contributed by atoms with E-state index in [4.69, 9.17) is 18.6 Å². The van der Waals surface area contributed by atoms with Gasteiger partial charge < -0.3 is 23.5 Å². The molecule has 17 heteroatoms. The number of oxazole rings is 1. The highest BCUT2D eigenvalue weighted by molar-refractivity contribution is 7.85. The minimum absolute atomic E-state index is 0.0566. The van der Waals surface area contributed by atoms with E-state index in [-0.39, 0.29) is 40.6 Å². The number of rotatable bonds is 9. The molecule has 0 spiro atoms. The molecule has 3 aromatic carbocycles. The SMILES string of the molecule is COc1ccc(C=[N+](c2ncns2)S(=O)(=O)c2cc3oc(=O)n(C(C)c4ccccc4C4(F)CN(C(=O)OC(C)(C)C)C4)c3cc2F)c(OC)c1. The Balaban J connectivity index is 1.39. The van der Waals surface area contributed by atoms with Crippen molar-refractivity contribution in [2.45, 2.75) is 49.9 Å². The lowest BCUT2D eigenvalue weighted by molar-refractivity contribution is -0.254. The van der Waals surface area contributed by atoms with Crippen molar-refractivity contribution in [2.75, 3.05) is 27.3 Å². The van der Waals surface area contributed by atoms with Crippen LogP contribution in [0.25, 0.3) is 11.1 Å². The van der Waals surface area contributed by atoms with Gasteiger partial charge in [0.15, 0.2) is 11.3 Å². The van der Waals surface area contributed by atoms with Crippen LogP contribution < -0.4 is 15.2 Å². The molecule has 2 aromatic heterocycles. The first-order valence-electron chi connectivity index (χ1n) is 15.5. The van der Waals surface area contributed by atoms with Gasteiger partial charge in [-0.15, -0.1) is 8.35 Å². The monoisotopic (exact) mass is 742 g/mol. The molecule has 51 heavy (non-hydrogen) atoms. The smallest absolute Gasteiger partial charge is 0.420 e. The third-order valence-corrected chi connectivity index (χ3v) is 10.7. The number of carbonyl (C=O) groups is 1. The summed E-state index contributed by atoms with van der Waals surface area (Å²) in [7, 11) is -1.88. The van der Waals surface area contributed by atoms with Crippen LogP contribution in [0.4, 0.5) is 18.7 Å². The number of methoxy groups -OCH3 is 2. The summed E-state index contributed by atoms with van der Waals surface area (Å²) in [5, 5.41) is -0.0991. The van der Waals surface area contributed by atoms with Crippen LogP contribution in [0.2, 0.25) is 0 Å². The van der Waals surface area contributed by atoms with Crippen LogP contribution in [0.5, 0.6) is 11.5 Å². The molecule has 0 aliphatic carbocycles. The summed E-state index contributed by atoms with van der Waals surface area (Å²) in [6.07, 6.45) is 1.71. The molecule has 1 amide bonds. The van der Waals surface area contributed by atoms with Gasteiger partial charge in [-0.05, 0) is 55.9 Å². The Hall–Kier alpha value is -5.16. The number of hydrogen-bond acceptors (Lipinski definition) is 11. The van der Waals surface area contributed by atoms with Gasteiger partial charge in [-0.25, -0.2) is 18.4 Å². The number of sulfonamides is 1. The number of hydrogen-bond donors (Lipinski definition) is 0. The number of ether oxygens (including phenoxy) is 3. The zero-order valence-corrected chi connectivity index (χ0v) is 30.0. The minimum atomic E-state index is -4.75. The molecule has 6 rings (SSSR count). The van der Waals surface area contributed by atoms with E-state index in [9.17, 15) is 18.0 Å². The molecule has 1 fully saturated rings. The average molecular weight is 743 g/mol. The van der Waals surface area contributed by atoms with Gasteiger partial charge in [-0.3, -0.25) is 4.57 Å². The number of benzene rings is 3. The van der Waals surface area contributed by atoms with Crippen molar-refractivity contribution in [3.8, 4) is 11.5 Å². The molecule has 0 radical (unpaired) electrons. The van der Waals surface area contributed by atoms with Gasteiger partial charge in [0.25, 0.3) is 0 Å². The molecule has 1 aliphatic heterocycles. The van der Waals surface area contributed by atoms with E-state index in [1.165, 1.54) is 25.3 Å². The van der Waals surface area contributed by atoms with Crippen molar-refractivity contribution >= 4 is 50.1 Å². The lowest BCUT2D eigenvalue weighted by atomic mass is 9.83. The maximum atomic E-state index is 16.3. The quantitative estimate of drug-likeness (QED) is 0.135. The Kier molecular flexibility index (Phi) is 9.22. The summed E-state index contributed by atoms with van der Waals surface area (Å²) in [6.45, 7) is 6.21. The van der Waals surface area contributed by atoms with E-state index in [0.717, 1.165) is 38.5 Å². The fourth-order valence-corrected chi connectivity index (χ4v) is 7.93. The van der Waals surface area contributed by atoms with Crippen molar-refractivity contribution in [1.29, 1.82) is 0 Å². The predicted octanol–water partition coefficient (Wildman–Crippen LogP) is 5.78. The number of carbonyl (C=O) groups excluding carboxylic acids is 1. The minimum Gasteiger partial charge on any atom is -0.497 e. The number of fused-ring (bicyclic) bond motifs is 1. The maximum absolute atomic E-state index is 16.3. The highest BCUT2D eigenvalue weighted by Gasteiger charge is 2.50. The Morgan fingerprint density at radius 1 is 1.12 bits per heavy atom. The molecule has 0 bridgehead atoms. The van der Waals surface area contributed by atoms with Crippen LogP contribution in [-0.2, 0) is 20.4 Å². The van der Waals surface area contributed by atoms with E-state index >= 15 is 8.78 Å². The van der Waals surface area contributed by atoms with Gasteiger partial charge >= 0.3 is 27.0 Å². The Labute approximate surface area is 295 Å². The standard InChI is InChI=1S/C34H34F2N5O8S2/c1-20(23-9-7-8-10-24(23)34(36)17-39(18-34)31(42)49-33(2,3)4)41-26-14-25(35)29(15-28(26)48-32(41)43)51(44,45)40(30-37-19-38-50-30)16-21-11-12-22(46-5)13-27(21)47-6/h7-16,19-20H,17-18H2,1-6H3/q+1. The Morgan fingerprint density at radius 3 is 2.49 bits per heavy atom. The predicted molar refractivity (Wildman–Crippen MR) is 183 cm³/mol. The highest BCUT2D eigenvalue weighted by atomic mass is 32.2. The van der Waals surface area contributed by atoms with Crippen LogP contribution in [0.15, 0.2) is 75.0 Å². The van der Waals surface area contributed by atoms with Gasteiger partial charge in [0, 0.05) is 18.2 Å². The normalized spacial score (nSPS) is 15.4. The van der Waals surface area contributed by atoms with Gasteiger partial charge in [0.05, 0.1) is 56.0 Å². The number of likely N-dealkylation sites (tertiary alicyclic amines) is 1. The second-order valence-electron chi connectivity index (χ2n) is 12.8. The highest BCUT2D eigenvalue weighted by Crippen LogP contribution is 2.41.